The highest BCUT2D eigenvalue weighted by Crippen LogP contribution is 2.28. The predicted molar refractivity (Wildman–Crippen MR) is 81.0 cm³/mol. The number of H-pyrrole nitrogens is 1. The lowest BCUT2D eigenvalue weighted by molar-refractivity contribution is 0.0597. The van der Waals surface area contributed by atoms with Gasteiger partial charge in [0.05, 0.1) is 29.7 Å². The van der Waals surface area contributed by atoms with Crippen molar-refractivity contribution in [2.45, 2.75) is 24.8 Å². The maximum atomic E-state index is 11.8. The van der Waals surface area contributed by atoms with Crippen molar-refractivity contribution in [3.63, 3.8) is 0 Å². The van der Waals surface area contributed by atoms with Crippen molar-refractivity contribution in [1.29, 1.82) is 0 Å². The van der Waals surface area contributed by atoms with Crippen LogP contribution < -0.4 is 5.73 Å². The van der Waals surface area contributed by atoms with E-state index in [2.05, 4.69) is 9.97 Å². The normalized spacial score (nSPS) is 12.9. The highest BCUT2D eigenvalue weighted by atomic mass is 32.2. The summed E-state index contributed by atoms with van der Waals surface area (Å²) in [4.78, 5) is 20.4. The third kappa shape index (κ3) is 2.66. The van der Waals surface area contributed by atoms with Crippen molar-refractivity contribution in [2.75, 3.05) is 13.4 Å². The quantitative estimate of drug-likeness (QED) is 0.669. The Balaban J connectivity index is 2.55. The number of rotatable bonds is 4. The molecule has 108 valence electrons. The summed E-state index contributed by atoms with van der Waals surface area (Å²) in [6.45, 7) is 4.09. The number of nitrogens with zero attached hydrogens (tertiary/aromatic N) is 1. The fourth-order valence-electron chi connectivity index (χ4n) is 1.97. The lowest BCUT2D eigenvalue weighted by Gasteiger charge is -2.11. The van der Waals surface area contributed by atoms with Gasteiger partial charge in [-0.05, 0) is 24.3 Å². The molecule has 0 aliphatic heterocycles. The number of fused-ring (bicyclic) bond motifs is 1. The maximum absolute atomic E-state index is 11.8. The van der Waals surface area contributed by atoms with Gasteiger partial charge in [-0.1, -0.05) is 13.8 Å². The minimum Gasteiger partial charge on any atom is -0.465 e. The van der Waals surface area contributed by atoms with Crippen LogP contribution in [-0.4, -0.2) is 29.3 Å². The van der Waals surface area contributed by atoms with Gasteiger partial charge < -0.3 is 15.5 Å². The van der Waals surface area contributed by atoms with Crippen LogP contribution in [0.15, 0.2) is 17.0 Å². The third-order valence-electron chi connectivity index (χ3n) is 3.26. The second-order valence-electron chi connectivity index (χ2n) is 4.95. The number of carbonyl (C=O) groups is 1. The fourth-order valence-corrected chi connectivity index (χ4v) is 2.56. The van der Waals surface area contributed by atoms with Crippen LogP contribution in [0.3, 0.4) is 0 Å². The largest absolute Gasteiger partial charge is 0.465 e. The molecule has 0 radical (unpaired) electrons. The first-order chi connectivity index (χ1) is 9.47. The van der Waals surface area contributed by atoms with E-state index in [0.29, 0.717) is 5.56 Å². The number of aromatic amines is 1. The number of nitrogens with two attached hydrogens (primary N) is 1. The van der Waals surface area contributed by atoms with Crippen molar-refractivity contribution in [3.8, 4) is 0 Å². The number of benzene rings is 1. The Labute approximate surface area is 122 Å². The summed E-state index contributed by atoms with van der Waals surface area (Å²) < 4.78 is 4.81. The number of methoxy groups -OCH3 is 1. The van der Waals surface area contributed by atoms with Crippen LogP contribution >= 0.6 is 11.8 Å². The predicted octanol–water partition coefficient (Wildman–Crippen LogP) is 2.73. The lowest BCUT2D eigenvalue weighted by Crippen LogP contribution is -2.17. The second-order valence-corrected chi connectivity index (χ2v) is 5.80. The molecule has 6 heteroatoms. The van der Waals surface area contributed by atoms with Crippen LogP contribution in [0.1, 0.15) is 36.1 Å². The Morgan fingerprint density at radius 3 is 2.70 bits per heavy atom. The van der Waals surface area contributed by atoms with Gasteiger partial charge in [-0.3, -0.25) is 0 Å². The molecule has 0 bridgehead atoms. The van der Waals surface area contributed by atoms with Crippen LogP contribution in [-0.2, 0) is 4.74 Å². The molecule has 1 unspecified atom stereocenters. The monoisotopic (exact) mass is 293 g/mol. The number of nitrogens with one attached hydrogen (secondary N) is 1. The average molecular weight is 293 g/mol. The molecule has 5 nitrogen and oxygen atoms in total. The molecular weight excluding hydrogens is 274 g/mol. The van der Waals surface area contributed by atoms with Crippen LogP contribution in [0.2, 0.25) is 0 Å². The van der Waals surface area contributed by atoms with Crippen molar-refractivity contribution >= 4 is 28.8 Å². The third-order valence-corrected chi connectivity index (χ3v) is 4.04. The van der Waals surface area contributed by atoms with Crippen molar-refractivity contribution in [2.24, 2.45) is 11.7 Å². The number of hydrogen-bond acceptors (Lipinski definition) is 5. The van der Waals surface area contributed by atoms with E-state index in [9.17, 15) is 4.79 Å². The summed E-state index contributed by atoms with van der Waals surface area (Å²) in [5.41, 5.74) is 8.26. The molecule has 0 aliphatic carbocycles. The lowest BCUT2D eigenvalue weighted by atomic mass is 10.1. The standard InChI is InChI=1S/C14H19N3O2S/c1-7(2)12(15)13-16-9-5-8(14(18)19-3)11(20-4)6-10(9)17-13/h5-7,12H,15H2,1-4H3,(H,16,17). The summed E-state index contributed by atoms with van der Waals surface area (Å²) in [5.74, 6) is 0.681. The molecule has 0 saturated carbocycles. The molecule has 0 saturated heterocycles. The van der Waals surface area contributed by atoms with E-state index in [1.54, 1.807) is 6.07 Å². The number of ether oxygens (including phenoxy) is 1. The second kappa shape index (κ2) is 5.85. The van der Waals surface area contributed by atoms with Crippen molar-refractivity contribution < 1.29 is 9.53 Å². The number of hydrogen-bond donors (Lipinski definition) is 2. The number of thioether (sulfide) groups is 1. The van der Waals surface area contributed by atoms with E-state index in [0.717, 1.165) is 21.8 Å². The molecule has 3 N–H and O–H groups in total. The number of aromatic nitrogens is 2. The molecule has 1 heterocycles. The van der Waals surface area contributed by atoms with Gasteiger partial charge in [0.2, 0.25) is 0 Å². The molecule has 0 aliphatic rings. The van der Waals surface area contributed by atoms with E-state index in [-0.39, 0.29) is 17.9 Å². The van der Waals surface area contributed by atoms with E-state index < -0.39 is 0 Å². The van der Waals surface area contributed by atoms with Gasteiger partial charge in [0, 0.05) is 4.90 Å². The van der Waals surface area contributed by atoms with Gasteiger partial charge in [-0.2, -0.15) is 0 Å². The van der Waals surface area contributed by atoms with Gasteiger partial charge in [-0.15, -0.1) is 11.8 Å². The Hall–Kier alpha value is -1.53. The van der Waals surface area contributed by atoms with Crippen LogP contribution in [0.4, 0.5) is 0 Å². The molecule has 0 amide bonds. The molecule has 1 aromatic heterocycles. The smallest absolute Gasteiger partial charge is 0.339 e. The number of imidazole rings is 1. The topological polar surface area (TPSA) is 81.0 Å². The summed E-state index contributed by atoms with van der Waals surface area (Å²) in [7, 11) is 1.38. The first-order valence-corrected chi connectivity index (χ1v) is 7.62. The summed E-state index contributed by atoms with van der Waals surface area (Å²) >= 11 is 1.49. The van der Waals surface area contributed by atoms with E-state index in [1.807, 2.05) is 26.2 Å². The molecule has 0 fully saturated rings. The minimum atomic E-state index is -0.347. The highest BCUT2D eigenvalue weighted by Gasteiger charge is 2.18. The van der Waals surface area contributed by atoms with Gasteiger partial charge in [-0.25, -0.2) is 9.78 Å². The zero-order chi connectivity index (χ0) is 14.9. The maximum Gasteiger partial charge on any atom is 0.339 e. The van der Waals surface area contributed by atoms with Gasteiger partial charge in [0.1, 0.15) is 5.82 Å². The first-order valence-electron chi connectivity index (χ1n) is 6.39. The Morgan fingerprint density at radius 1 is 1.45 bits per heavy atom. The van der Waals surface area contributed by atoms with Crippen LogP contribution in [0.25, 0.3) is 11.0 Å². The molecule has 2 rings (SSSR count). The number of carbonyl (C=O) groups excluding carboxylic acids is 1. The zero-order valence-corrected chi connectivity index (χ0v) is 12.9. The van der Waals surface area contributed by atoms with Crippen LogP contribution in [0.5, 0.6) is 0 Å². The minimum absolute atomic E-state index is 0.151. The van der Waals surface area contributed by atoms with E-state index >= 15 is 0 Å². The van der Waals surface area contributed by atoms with Gasteiger partial charge in [0.15, 0.2) is 0 Å². The van der Waals surface area contributed by atoms with E-state index in [1.165, 1.54) is 18.9 Å². The fraction of sp³-hybridized carbons (Fsp3) is 0.429. The molecule has 1 aromatic carbocycles. The summed E-state index contributed by atoms with van der Waals surface area (Å²) in [5, 5.41) is 0. The Kier molecular flexibility index (Phi) is 4.35. The van der Waals surface area contributed by atoms with E-state index in [4.69, 9.17) is 10.5 Å². The average Bonchev–Trinajstić information content (AvgIpc) is 2.86. The first kappa shape index (κ1) is 14.9. The molecular formula is C14H19N3O2S. The molecule has 0 spiro atoms. The summed E-state index contributed by atoms with van der Waals surface area (Å²) in [6, 6.07) is 3.51. The summed E-state index contributed by atoms with van der Waals surface area (Å²) in [6.07, 6.45) is 1.92. The van der Waals surface area contributed by atoms with Crippen molar-refractivity contribution in [1.82, 2.24) is 9.97 Å². The van der Waals surface area contributed by atoms with Crippen molar-refractivity contribution in [3.05, 3.63) is 23.5 Å². The molecule has 20 heavy (non-hydrogen) atoms. The molecule has 1 atom stereocenters. The van der Waals surface area contributed by atoms with Gasteiger partial charge in [0.25, 0.3) is 0 Å². The van der Waals surface area contributed by atoms with Gasteiger partial charge >= 0.3 is 5.97 Å². The number of esters is 1. The zero-order valence-electron chi connectivity index (χ0n) is 12.1. The Morgan fingerprint density at radius 2 is 2.15 bits per heavy atom. The SMILES string of the molecule is COC(=O)c1cc2[nH]c(C(N)C(C)C)nc2cc1SC. The highest BCUT2D eigenvalue weighted by molar-refractivity contribution is 7.98. The molecule has 2 aromatic rings. The van der Waals surface area contributed by atoms with Crippen LogP contribution in [0, 0.1) is 5.92 Å². The Bertz CT molecular complexity index is 637.